The Morgan fingerprint density at radius 2 is 2.20 bits per heavy atom. The summed E-state index contributed by atoms with van der Waals surface area (Å²) in [4.78, 5) is 4.35. The minimum absolute atomic E-state index is 0.0475. The zero-order valence-electron chi connectivity index (χ0n) is 10.9. The molecule has 0 saturated heterocycles. The van der Waals surface area contributed by atoms with Gasteiger partial charge in [-0.15, -0.1) is 0 Å². The second-order valence-electron chi connectivity index (χ2n) is 5.38. The van der Waals surface area contributed by atoms with Crippen molar-refractivity contribution in [3.63, 3.8) is 0 Å². The smallest absolute Gasteiger partial charge is 0.227 e. The monoisotopic (exact) mass is 295 g/mol. The van der Waals surface area contributed by atoms with E-state index in [4.69, 9.17) is 21.9 Å². The quantitative estimate of drug-likeness (QED) is 0.940. The van der Waals surface area contributed by atoms with Gasteiger partial charge >= 0.3 is 0 Å². The maximum absolute atomic E-state index is 13.1. The minimum atomic E-state index is -0.462. The van der Waals surface area contributed by atoms with Gasteiger partial charge in [0.15, 0.2) is 0 Å². The van der Waals surface area contributed by atoms with Crippen LogP contribution in [-0.2, 0) is 6.42 Å². The highest BCUT2D eigenvalue weighted by molar-refractivity contribution is 6.31. The van der Waals surface area contributed by atoms with Crippen molar-refractivity contribution in [3.8, 4) is 11.4 Å². The van der Waals surface area contributed by atoms with Crippen molar-refractivity contribution in [2.75, 3.05) is 6.54 Å². The third kappa shape index (κ3) is 2.43. The average molecular weight is 296 g/mol. The molecule has 1 aromatic heterocycles. The van der Waals surface area contributed by atoms with E-state index in [0.29, 0.717) is 30.2 Å². The van der Waals surface area contributed by atoms with Crippen molar-refractivity contribution in [3.05, 3.63) is 34.9 Å². The summed E-state index contributed by atoms with van der Waals surface area (Å²) < 4.78 is 18.4. The van der Waals surface area contributed by atoms with Crippen LogP contribution in [0.2, 0.25) is 5.02 Å². The molecule has 0 radical (unpaired) electrons. The number of halogens is 2. The van der Waals surface area contributed by atoms with Crippen LogP contribution in [0.3, 0.4) is 0 Å². The maximum Gasteiger partial charge on any atom is 0.227 e. The number of aromatic nitrogens is 2. The lowest BCUT2D eigenvalue weighted by Crippen LogP contribution is -2.39. The molecule has 2 N–H and O–H groups in total. The van der Waals surface area contributed by atoms with E-state index in [0.717, 1.165) is 12.8 Å². The van der Waals surface area contributed by atoms with E-state index in [1.807, 2.05) is 0 Å². The fraction of sp³-hybridized carbons (Fsp3) is 0.429. The fourth-order valence-corrected chi connectivity index (χ4v) is 2.71. The third-order valence-electron chi connectivity index (χ3n) is 4.02. The van der Waals surface area contributed by atoms with Crippen LogP contribution in [0.15, 0.2) is 22.7 Å². The molecule has 6 heteroatoms. The standard InChI is InChI=1S/C14H15ClFN3O/c15-10-6-9(2-3-11(10)16)13-18-12(20-19-13)7-14(8-17)4-1-5-14/h2-3,6H,1,4-5,7-8,17H2. The van der Waals surface area contributed by atoms with Crippen LogP contribution >= 0.6 is 11.6 Å². The summed E-state index contributed by atoms with van der Waals surface area (Å²) in [6.45, 7) is 0.632. The second-order valence-corrected chi connectivity index (χ2v) is 5.78. The molecule has 0 unspecified atom stereocenters. The van der Waals surface area contributed by atoms with Gasteiger partial charge in [-0.3, -0.25) is 0 Å². The van der Waals surface area contributed by atoms with Crippen LogP contribution in [0.1, 0.15) is 25.2 Å². The topological polar surface area (TPSA) is 64.9 Å². The van der Waals surface area contributed by atoms with Crippen molar-refractivity contribution in [2.45, 2.75) is 25.7 Å². The van der Waals surface area contributed by atoms with Gasteiger partial charge in [-0.25, -0.2) is 4.39 Å². The lowest BCUT2D eigenvalue weighted by Gasteiger charge is -2.39. The summed E-state index contributed by atoms with van der Waals surface area (Å²) in [6, 6.07) is 4.37. The summed E-state index contributed by atoms with van der Waals surface area (Å²) in [5.74, 6) is 0.537. The largest absolute Gasteiger partial charge is 0.339 e. The molecule has 0 atom stereocenters. The number of nitrogens with two attached hydrogens (primary N) is 1. The van der Waals surface area contributed by atoms with Crippen LogP contribution < -0.4 is 5.73 Å². The molecule has 1 saturated carbocycles. The Morgan fingerprint density at radius 3 is 2.80 bits per heavy atom. The first-order valence-electron chi connectivity index (χ1n) is 6.60. The van der Waals surface area contributed by atoms with E-state index in [1.54, 1.807) is 6.07 Å². The molecule has 0 aliphatic heterocycles. The van der Waals surface area contributed by atoms with Gasteiger partial charge in [0, 0.05) is 12.0 Å². The Labute approximate surface area is 121 Å². The van der Waals surface area contributed by atoms with Crippen LogP contribution in [0, 0.1) is 11.2 Å². The Kier molecular flexibility index (Phi) is 3.48. The lowest BCUT2D eigenvalue weighted by molar-refractivity contribution is 0.129. The fourth-order valence-electron chi connectivity index (χ4n) is 2.53. The number of hydrogen-bond acceptors (Lipinski definition) is 4. The third-order valence-corrected chi connectivity index (χ3v) is 4.31. The van der Waals surface area contributed by atoms with Crippen LogP contribution in [0.5, 0.6) is 0 Å². The summed E-state index contributed by atoms with van der Waals surface area (Å²) in [5, 5.41) is 3.97. The van der Waals surface area contributed by atoms with Gasteiger partial charge < -0.3 is 10.3 Å². The number of hydrogen-bond donors (Lipinski definition) is 1. The van der Waals surface area contributed by atoms with Crippen LogP contribution in [0.25, 0.3) is 11.4 Å². The van der Waals surface area contributed by atoms with E-state index in [2.05, 4.69) is 10.1 Å². The Bertz CT molecular complexity index is 619. The number of nitrogens with zero attached hydrogens (tertiary/aromatic N) is 2. The van der Waals surface area contributed by atoms with Crippen molar-refractivity contribution in [1.29, 1.82) is 0 Å². The molecule has 20 heavy (non-hydrogen) atoms. The molecule has 0 amide bonds. The van der Waals surface area contributed by atoms with E-state index in [9.17, 15) is 4.39 Å². The van der Waals surface area contributed by atoms with Crippen molar-refractivity contribution < 1.29 is 8.91 Å². The van der Waals surface area contributed by atoms with Crippen LogP contribution in [0.4, 0.5) is 4.39 Å². The Balaban J connectivity index is 1.81. The predicted molar refractivity (Wildman–Crippen MR) is 73.7 cm³/mol. The highest BCUT2D eigenvalue weighted by Crippen LogP contribution is 2.42. The molecule has 1 aromatic carbocycles. The van der Waals surface area contributed by atoms with Crippen molar-refractivity contribution in [1.82, 2.24) is 10.1 Å². The SMILES string of the molecule is NCC1(Cc2nc(-c3ccc(F)c(Cl)c3)no2)CCC1. The molecular weight excluding hydrogens is 281 g/mol. The molecule has 3 rings (SSSR count). The first kappa shape index (κ1) is 13.5. The second kappa shape index (κ2) is 5.14. The molecule has 1 aliphatic rings. The summed E-state index contributed by atoms with van der Waals surface area (Å²) in [7, 11) is 0. The number of benzene rings is 1. The molecule has 0 spiro atoms. The van der Waals surface area contributed by atoms with Gasteiger partial charge in [0.1, 0.15) is 5.82 Å². The lowest BCUT2D eigenvalue weighted by atomic mass is 9.67. The molecule has 0 bridgehead atoms. The highest BCUT2D eigenvalue weighted by atomic mass is 35.5. The predicted octanol–water partition coefficient (Wildman–Crippen LogP) is 3.20. The summed E-state index contributed by atoms with van der Waals surface area (Å²) in [6.07, 6.45) is 4.10. The molecule has 1 aliphatic carbocycles. The Morgan fingerprint density at radius 1 is 1.40 bits per heavy atom. The average Bonchev–Trinajstić information content (AvgIpc) is 2.85. The normalized spacial score (nSPS) is 16.9. The molecule has 106 valence electrons. The van der Waals surface area contributed by atoms with Gasteiger partial charge in [0.2, 0.25) is 11.7 Å². The molecule has 4 nitrogen and oxygen atoms in total. The molecule has 2 aromatic rings. The first-order valence-corrected chi connectivity index (χ1v) is 6.98. The van der Waals surface area contributed by atoms with Crippen molar-refractivity contribution >= 4 is 11.6 Å². The zero-order valence-corrected chi connectivity index (χ0v) is 11.7. The zero-order chi connectivity index (χ0) is 14.2. The highest BCUT2D eigenvalue weighted by Gasteiger charge is 2.37. The molecule has 1 fully saturated rings. The number of rotatable bonds is 4. The molecule has 1 heterocycles. The van der Waals surface area contributed by atoms with Gasteiger partial charge in [0.25, 0.3) is 0 Å². The van der Waals surface area contributed by atoms with Gasteiger partial charge in [-0.1, -0.05) is 23.2 Å². The van der Waals surface area contributed by atoms with Gasteiger partial charge in [-0.2, -0.15) is 4.98 Å². The Hall–Kier alpha value is -1.46. The first-order chi connectivity index (χ1) is 9.62. The summed E-state index contributed by atoms with van der Waals surface area (Å²) >= 11 is 5.75. The van der Waals surface area contributed by atoms with Gasteiger partial charge in [-0.05, 0) is 43.0 Å². The van der Waals surface area contributed by atoms with E-state index in [-0.39, 0.29) is 10.4 Å². The van der Waals surface area contributed by atoms with E-state index >= 15 is 0 Å². The van der Waals surface area contributed by atoms with Crippen LogP contribution in [-0.4, -0.2) is 16.7 Å². The minimum Gasteiger partial charge on any atom is -0.339 e. The van der Waals surface area contributed by atoms with E-state index < -0.39 is 5.82 Å². The summed E-state index contributed by atoms with van der Waals surface area (Å²) in [5.41, 5.74) is 6.58. The maximum atomic E-state index is 13.1. The molecular formula is C14H15ClFN3O. The van der Waals surface area contributed by atoms with Crippen molar-refractivity contribution in [2.24, 2.45) is 11.1 Å². The van der Waals surface area contributed by atoms with E-state index in [1.165, 1.54) is 18.6 Å². The van der Waals surface area contributed by atoms with Gasteiger partial charge in [0.05, 0.1) is 5.02 Å².